The monoisotopic (exact) mass is 497 g/mol. The molecule has 0 radical (unpaired) electrons. The zero-order valence-electron chi connectivity index (χ0n) is 21.5. The molecule has 0 fully saturated rings. The first-order chi connectivity index (χ1) is 16.0. The van der Waals surface area contributed by atoms with E-state index < -0.39 is 30.1 Å². The van der Waals surface area contributed by atoms with Crippen LogP contribution in [0.15, 0.2) is 59.5 Å². The summed E-state index contributed by atoms with van der Waals surface area (Å²) in [5.41, 5.74) is 6.83. The highest BCUT2D eigenvalue weighted by molar-refractivity contribution is 7.89. The van der Waals surface area contributed by atoms with Crippen LogP contribution in [0.3, 0.4) is 0 Å². The number of nitrogens with one attached hydrogen (secondary N) is 1. The van der Waals surface area contributed by atoms with Crippen LogP contribution < -0.4 is 4.72 Å². The fraction of sp³-hybridized carbons (Fsp3) is 0.464. The van der Waals surface area contributed by atoms with Crippen molar-refractivity contribution in [1.29, 1.82) is 0 Å². The van der Waals surface area contributed by atoms with Gasteiger partial charge in [-0.05, 0) is 41.2 Å². The summed E-state index contributed by atoms with van der Waals surface area (Å²) in [5.74, 6) is 2.73. The summed E-state index contributed by atoms with van der Waals surface area (Å²) in [4.78, 5) is 12.4. The van der Waals surface area contributed by atoms with Gasteiger partial charge in [-0.25, -0.2) is 13.1 Å². The highest BCUT2D eigenvalue weighted by Crippen LogP contribution is 2.40. The minimum atomic E-state index is -3.82. The van der Waals surface area contributed by atoms with E-state index in [1.807, 2.05) is 37.3 Å². The van der Waals surface area contributed by atoms with Crippen molar-refractivity contribution >= 4 is 24.4 Å². The molecule has 4 nitrogen and oxygen atoms in total. The van der Waals surface area contributed by atoms with Crippen LogP contribution in [0, 0.1) is 18.4 Å². The minimum absolute atomic E-state index is 0.184. The molecule has 184 valence electrons. The molecule has 2 atom stereocenters. The SMILES string of the molecule is Cc1ccc(S(=O)(=O)N[C@H](CC#C[Si](C(C)C)(C(C)C)C(C)C)[C@H](C=O)c2ccccc2)cc1. The summed E-state index contributed by atoms with van der Waals surface area (Å²) >= 11 is 0. The number of hydrogen-bond donors (Lipinski definition) is 1. The van der Waals surface area contributed by atoms with Crippen LogP contribution in [0.5, 0.6) is 0 Å². The summed E-state index contributed by atoms with van der Waals surface area (Å²) in [7, 11) is -5.79. The smallest absolute Gasteiger partial charge is 0.240 e. The van der Waals surface area contributed by atoms with E-state index >= 15 is 0 Å². The molecule has 0 saturated heterocycles. The number of sulfonamides is 1. The average molecular weight is 498 g/mol. The molecule has 0 spiro atoms. The quantitative estimate of drug-likeness (QED) is 0.240. The predicted octanol–water partition coefficient (Wildman–Crippen LogP) is 6.24. The van der Waals surface area contributed by atoms with Gasteiger partial charge < -0.3 is 4.79 Å². The first-order valence-electron chi connectivity index (χ1n) is 12.0. The predicted molar refractivity (Wildman–Crippen MR) is 144 cm³/mol. The van der Waals surface area contributed by atoms with Crippen LogP contribution in [-0.2, 0) is 14.8 Å². The summed E-state index contributed by atoms with van der Waals surface area (Å²) in [5, 5.41) is 0. The van der Waals surface area contributed by atoms with Gasteiger partial charge in [-0.3, -0.25) is 0 Å². The summed E-state index contributed by atoms with van der Waals surface area (Å²) in [6.07, 6.45) is 1.10. The zero-order chi connectivity index (χ0) is 25.5. The first kappa shape index (κ1) is 28.0. The van der Waals surface area contributed by atoms with Crippen molar-refractivity contribution in [3.05, 3.63) is 65.7 Å². The molecule has 1 N–H and O–H groups in total. The van der Waals surface area contributed by atoms with Gasteiger partial charge in [0.25, 0.3) is 0 Å². The van der Waals surface area contributed by atoms with E-state index in [-0.39, 0.29) is 11.3 Å². The topological polar surface area (TPSA) is 63.2 Å². The summed E-state index contributed by atoms with van der Waals surface area (Å²) < 4.78 is 29.3. The fourth-order valence-corrected chi connectivity index (χ4v) is 11.6. The summed E-state index contributed by atoms with van der Waals surface area (Å²) in [6, 6.07) is 15.4. The first-order valence-corrected chi connectivity index (χ1v) is 15.8. The third-order valence-electron chi connectivity index (χ3n) is 6.90. The Morgan fingerprint density at radius 2 is 1.41 bits per heavy atom. The van der Waals surface area contributed by atoms with Crippen LogP contribution in [0.1, 0.15) is 65.0 Å². The van der Waals surface area contributed by atoms with Gasteiger partial charge in [-0.15, -0.1) is 11.5 Å². The van der Waals surface area contributed by atoms with E-state index in [0.29, 0.717) is 16.6 Å². The maximum absolute atomic E-state index is 13.2. The van der Waals surface area contributed by atoms with E-state index in [0.717, 1.165) is 17.4 Å². The zero-order valence-corrected chi connectivity index (χ0v) is 23.3. The number of aldehydes is 1. The number of hydrogen-bond acceptors (Lipinski definition) is 3. The second kappa shape index (κ2) is 12.0. The lowest BCUT2D eigenvalue weighted by molar-refractivity contribution is -0.109. The average Bonchev–Trinajstić information content (AvgIpc) is 2.77. The Labute approximate surface area is 207 Å². The molecule has 0 bridgehead atoms. The van der Waals surface area contributed by atoms with Crippen molar-refractivity contribution in [3.8, 4) is 11.5 Å². The molecule has 0 unspecified atom stereocenters. The Bertz CT molecular complexity index is 1080. The van der Waals surface area contributed by atoms with Gasteiger partial charge in [0.2, 0.25) is 10.0 Å². The van der Waals surface area contributed by atoms with Crippen LogP contribution >= 0.6 is 0 Å². The molecule has 2 rings (SSSR count). The Morgan fingerprint density at radius 1 is 0.882 bits per heavy atom. The van der Waals surface area contributed by atoms with Crippen LogP contribution in [0.25, 0.3) is 0 Å². The maximum atomic E-state index is 13.2. The molecular weight excluding hydrogens is 458 g/mol. The van der Waals surface area contributed by atoms with Gasteiger partial charge in [0.15, 0.2) is 0 Å². The Morgan fingerprint density at radius 3 is 1.88 bits per heavy atom. The molecule has 0 aliphatic heterocycles. The second-order valence-corrected chi connectivity index (χ2v) is 17.3. The normalized spacial score (nSPS) is 14.1. The van der Waals surface area contributed by atoms with E-state index in [2.05, 4.69) is 57.7 Å². The van der Waals surface area contributed by atoms with Crippen molar-refractivity contribution in [2.45, 2.75) is 88.4 Å². The Balaban J connectivity index is 2.49. The van der Waals surface area contributed by atoms with E-state index in [1.165, 1.54) is 0 Å². The van der Waals surface area contributed by atoms with Gasteiger partial charge in [-0.2, -0.15) is 0 Å². The standard InChI is InChI=1S/C28H39NO3SSi/c1-21(2)34(22(3)4,23(5)6)19-11-14-28(27(20-30)25-12-9-8-10-13-25)29-33(31,32)26-17-15-24(7)16-18-26/h8-10,12-13,15-18,20-23,27-29H,14H2,1-7H3/t27-,28-/m1/s1. The number of carbonyl (C=O) groups excluding carboxylic acids is 1. The number of rotatable bonds is 10. The second-order valence-electron chi connectivity index (χ2n) is 10.0. The lowest BCUT2D eigenvalue weighted by atomic mass is 9.92. The Hall–Kier alpha value is -2.20. The lowest BCUT2D eigenvalue weighted by Gasteiger charge is -2.38. The number of benzene rings is 2. The number of carbonyl (C=O) groups is 1. The van der Waals surface area contributed by atoms with E-state index in [1.54, 1.807) is 24.3 Å². The van der Waals surface area contributed by atoms with Gasteiger partial charge in [-0.1, -0.05) is 89.6 Å². The van der Waals surface area contributed by atoms with Crippen LogP contribution in [0.4, 0.5) is 0 Å². The summed E-state index contributed by atoms with van der Waals surface area (Å²) in [6.45, 7) is 15.4. The molecule has 0 saturated carbocycles. The maximum Gasteiger partial charge on any atom is 0.240 e. The molecule has 34 heavy (non-hydrogen) atoms. The molecule has 0 heterocycles. The third-order valence-corrected chi connectivity index (χ3v) is 14.7. The highest BCUT2D eigenvalue weighted by Gasteiger charge is 2.41. The molecule has 2 aromatic rings. The molecule has 6 heteroatoms. The molecule has 0 aliphatic carbocycles. The Kier molecular flexibility index (Phi) is 9.87. The molecular formula is C28H39NO3SSi. The van der Waals surface area contributed by atoms with Gasteiger partial charge in [0.05, 0.1) is 10.8 Å². The highest BCUT2D eigenvalue weighted by atomic mass is 32.2. The largest absolute Gasteiger partial charge is 0.303 e. The molecule has 0 aliphatic rings. The van der Waals surface area contributed by atoms with Crippen molar-refractivity contribution in [1.82, 2.24) is 4.72 Å². The van der Waals surface area contributed by atoms with Gasteiger partial charge in [0.1, 0.15) is 14.4 Å². The fourth-order valence-electron chi connectivity index (χ4n) is 5.05. The molecule has 2 aromatic carbocycles. The molecule has 0 aromatic heterocycles. The number of aryl methyl sites for hydroxylation is 1. The van der Waals surface area contributed by atoms with Crippen LogP contribution in [0.2, 0.25) is 16.6 Å². The van der Waals surface area contributed by atoms with E-state index in [9.17, 15) is 13.2 Å². The van der Waals surface area contributed by atoms with Crippen molar-refractivity contribution in [2.24, 2.45) is 0 Å². The van der Waals surface area contributed by atoms with Gasteiger partial charge in [0, 0.05) is 12.5 Å². The molecule has 0 amide bonds. The van der Waals surface area contributed by atoms with Crippen LogP contribution in [-0.4, -0.2) is 28.8 Å². The lowest BCUT2D eigenvalue weighted by Crippen LogP contribution is -2.43. The third kappa shape index (κ3) is 6.47. The van der Waals surface area contributed by atoms with Gasteiger partial charge >= 0.3 is 0 Å². The van der Waals surface area contributed by atoms with Crippen molar-refractivity contribution in [2.75, 3.05) is 0 Å². The van der Waals surface area contributed by atoms with Crippen molar-refractivity contribution < 1.29 is 13.2 Å². The minimum Gasteiger partial charge on any atom is -0.303 e. The van der Waals surface area contributed by atoms with Crippen molar-refractivity contribution in [3.63, 3.8) is 0 Å². The van der Waals surface area contributed by atoms with E-state index in [4.69, 9.17) is 0 Å².